The molecule has 28 heavy (non-hydrogen) atoms. The van der Waals surface area contributed by atoms with Crippen LogP contribution in [-0.4, -0.2) is 62.5 Å². The number of likely N-dealkylation sites (tertiary alicyclic amines) is 1. The predicted octanol–water partition coefficient (Wildman–Crippen LogP) is 3.30. The zero-order valence-corrected chi connectivity index (χ0v) is 17.6. The number of nitrogens with zero attached hydrogens (tertiary/aromatic N) is 2. The van der Waals surface area contributed by atoms with Crippen molar-refractivity contribution >= 4 is 23.2 Å². The number of hydrogen-bond donors (Lipinski definition) is 0. The van der Waals surface area contributed by atoms with Crippen LogP contribution in [0.2, 0.25) is 0 Å². The number of carbonyl (C=O) groups is 2. The summed E-state index contributed by atoms with van der Waals surface area (Å²) in [5, 5.41) is 4.20. The van der Waals surface area contributed by atoms with Crippen LogP contribution in [0.3, 0.4) is 0 Å². The van der Waals surface area contributed by atoms with E-state index in [1.807, 2.05) is 4.90 Å². The Hall–Kier alpha value is -2.18. The smallest absolute Gasteiger partial charge is 0.230 e. The molecule has 1 aliphatic heterocycles. The molecule has 2 amide bonds. The number of rotatable bonds is 7. The van der Waals surface area contributed by atoms with Crippen molar-refractivity contribution < 1.29 is 14.3 Å². The normalized spacial score (nSPS) is 19.0. The highest BCUT2D eigenvalue weighted by Gasteiger charge is 2.46. The topological polar surface area (TPSA) is 49.9 Å². The molecule has 0 spiro atoms. The average molecular weight is 401 g/mol. The Labute approximate surface area is 170 Å². The van der Waals surface area contributed by atoms with Gasteiger partial charge >= 0.3 is 0 Å². The summed E-state index contributed by atoms with van der Waals surface area (Å²) in [4.78, 5) is 29.0. The molecule has 0 N–H and O–H groups in total. The molecule has 1 aromatic carbocycles. The summed E-state index contributed by atoms with van der Waals surface area (Å²) in [6, 6.07) is 10.5. The molecule has 0 radical (unpaired) electrons. The van der Waals surface area contributed by atoms with E-state index < -0.39 is 5.41 Å². The molecular formula is C22H28N2O3S. The van der Waals surface area contributed by atoms with Gasteiger partial charge in [-0.1, -0.05) is 24.3 Å². The van der Waals surface area contributed by atoms with Crippen LogP contribution in [-0.2, 0) is 20.7 Å². The van der Waals surface area contributed by atoms with E-state index >= 15 is 0 Å². The van der Waals surface area contributed by atoms with Gasteiger partial charge in [0.2, 0.25) is 11.8 Å². The van der Waals surface area contributed by atoms with Gasteiger partial charge in [0.25, 0.3) is 0 Å². The molecule has 1 atom stereocenters. The van der Waals surface area contributed by atoms with Gasteiger partial charge < -0.3 is 14.5 Å². The number of carbonyl (C=O) groups excluding carboxylic acids is 2. The lowest BCUT2D eigenvalue weighted by molar-refractivity contribution is -0.139. The molecule has 2 aromatic rings. The number of benzene rings is 1. The van der Waals surface area contributed by atoms with Crippen molar-refractivity contribution in [3.05, 3.63) is 46.7 Å². The summed E-state index contributed by atoms with van der Waals surface area (Å²) in [7, 11) is 5.18. The first kappa shape index (κ1) is 20.6. The van der Waals surface area contributed by atoms with E-state index in [2.05, 4.69) is 41.1 Å². The SMILES string of the molecule is COCCC(=O)N1CC[C@](Cc2ccc(-c3ccsc3)cc2)(C(=O)N(C)C)C1. The highest BCUT2D eigenvalue weighted by atomic mass is 32.1. The van der Waals surface area contributed by atoms with Crippen molar-refractivity contribution in [2.75, 3.05) is 40.9 Å². The van der Waals surface area contributed by atoms with E-state index in [9.17, 15) is 9.59 Å². The van der Waals surface area contributed by atoms with Gasteiger partial charge in [0.05, 0.1) is 18.4 Å². The second-order valence-corrected chi connectivity index (χ2v) is 8.45. The van der Waals surface area contributed by atoms with Crippen LogP contribution < -0.4 is 0 Å². The van der Waals surface area contributed by atoms with Gasteiger partial charge in [0.1, 0.15) is 0 Å². The zero-order chi connectivity index (χ0) is 20.1. The van der Waals surface area contributed by atoms with E-state index in [0.717, 1.165) is 5.56 Å². The Morgan fingerprint density at radius 1 is 1.18 bits per heavy atom. The first-order valence-corrected chi connectivity index (χ1v) is 10.5. The molecule has 0 aliphatic carbocycles. The molecule has 150 valence electrons. The van der Waals surface area contributed by atoms with Gasteiger partial charge in [0, 0.05) is 34.3 Å². The van der Waals surface area contributed by atoms with E-state index in [1.54, 1.807) is 37.4 Å². The minimum absolute atomic E-state index is 0.0584. The molecule has 1 fully saturated rings. The average Bonchev–Trinajstić information content (AvgIpc) is 3.37. The molecule has 1 aliphatic rings. The van der Waals surface area contributed by atoms with Gasteiger partial charge in [0.15, 0.2) is 0 Å². The van der Waals surface area contributed by atoms with Crippen LogP contribution >= 0.6 is 11.3 Å². The molecule has 6 heteroatoms. The monoisotopic (exact) mass is 400 g/mol. The van der Waals surface area contributed by atoms with Gasteiger partial charge in [-0.25, -0.2) is 0 Å². The highest BCUT2D eigenvalue weighted by Crippen LogP contribution is 2.36. The van der Waals surface area contributed by atoms with Crippen LogP contribution in [0, 0.1) is 5.41 Å². The van der Waals surface area contributed by atoms with E-state index in [4.69, 9.17) is 4.74 Å². The lowest BCUT2D eigenvalue weighted by Crippen LogP contribution is -2.44. The first-order valence-electron chi connectivity index (χ1n) is 9.55. The summed E-state index contributed by atoms with van der Waals surface area (Å²) in [5.74, 6) is 0.152. The quantitative estimate of drug-likeness (QED) is 0.717. The van der Waals surface area contributed by atoms with Crippen molar-refractivity contribution in [3.8, 4) is 11.1 Å². The minimum atomic E-state index is -0.559. The molecule has 2 heterocycles. The van der Waals surface area contributed by atoms with Crippen molar-refractivity contribution in [2.45, 2.75) is 19.3 Å². The fourth-order valence-electron chi connectivity index (χ4n) is 3.94. The van der Waals surface area contributed by atoms with Crippen LogP contribution in [0.25, 0.3) is 11.1 Å². The number of ether oxygens (including phenoxy) is 1. The molecule has 3 rings (SSSR count). The van der Waals surface area contributed by atoms with Gasteiger partial charge in [-0.15, -0.1) is 0 Å². The Bertz CT molecular complexity index is 802. The number of methoxy groups -OCH3 is 1. The van der Waals surface area contributed by atoms with E-state index in [-0.39, 0.29) is 11.8 Å². The fourth-order valence-corrected chi connectivity index (χ4v) is 4.60. The summed E-state index contributed by atoms with van der Waals surface area (Å²) >= 11 is 1.68. The number of hydrogen-bond acceptors (Lipinski definition) is 4. The Morgan fingerprint density at radius 3 is 2.54 bits per heavy atom. The fraction of sp³-hybridized carbons (Fsp3) is 0.455. The molecule has 1 aromatic heterocycles. The second-order valence-electron chi connectivity index (χ2n) is 7.67. The molecule has 5 nitrogen and oxygen atoms in total. The van der Waals surface area contributed by atoms with Crippen molar-refractivity contribution in [2.24, 2.45) is 5.41 Å². The van der Waals surface area contributed by atoms with Crippen molar-refractivity contribution in [3.63, 3.8) is 0 Å². The standard InChI is InChI=1S/C22H28N2O3S/c1-23(2)21(26)22(10-11-24(16-22)20(25)8-12-27-3)14-17-4-6-18(7-5-17)19-9-13-28-15-19/h4-7,9,13,15H,8,10-12,14,16H2,1-3H3/t22-/m1/s1. The summed E-state index contributed by atoms with van der Waals surface area (Å²) in [6.07, 6.45) is 1.69. The third-order valence-electron chi connectivity index (χ3n) is 5.44. The number of amides is 2. The van der Waals surface area contributed by atoms with Crippen LogP contribution in [0.4, 0.5) is 0 Å². The molecular weight excluding hydrogens is 372 g/mol. The van der Waals surface area contributed by atoms with Gasteiger partial charge in [-0.2, -0.15) is 11.3 Å². The Morgan fingerprint density at radius 2 is 1.93 bits per heavy atom. The van der Waals surface area contributed by atoms with E-state index in [0.29, 0.717) is 39.0 Å². The zero-order valence-electron chi connectivity index (χ0n) is 16.8. The summed E-state index contributed by atoms with van der Waals surface area (Å²) in [5.41, 5.74) is 2.96. The summed E-state index contributed by atoms with van der Waals surface area (Å²) < 4.78 is 5.03. The molecule has 0 bridgehead atoms. The third-order valence-corrected chi connectivity index (χ3v) is 6.12. The predicted molar refractivity (Wildman–Crippen MR) is 112 cm³/mol. The van der Waals surface area contributed by atoms with Crippen molar-refractivity contribution in [1.29, 1.82) is 0 Å². The van der Waals surface area contributed by atoms with Gasteiger partial charge in [-0.05, 0) is 46.4 Å². The lowest BCUT2D eigenvalue weighted by Gasteiger charge is -2.31. The highest BCUT2D eigenvalue weighted by molar-refractivity contribution is 7.08. The second kappa shape index (κ2) is 8.88. The first-order chi connectivity index (χ1) is 13.4. The third kappa shape index (κ3) is 4.45. The van der Waals surface area contributed by atoms with Gasteiger partial charge in [-0.3, -0.25) is 9.59 Å². The van der Waals surface area contributed by atoms with Crippen molar-refractivity contribution in [1.82, 2.24) is 9.80 Å². The largest absolute Gasteiger partial charge is 0.384 e. The Balaban J connectivity index is 1.77. The van der Waals surface area contributed by atoms with E-state index in [1.165, 1.54) is 11.1 Å². The van der Waals surface area contributed by atoms with Crippen LogP contribution in [0.5, 0.6) is 0 Å². The maximum Gasteiger partial charge on any atom is 0.230 e. The van der Waals surface area contributed by atoms with Crippen LogP contribution in [0.1, 0.15) is 18.4 Å². The lowest BCUT2D eigenvalue weighted by atomic mass is 9.79. The maximum atomic E-state index is 13.1. The molecule has 0 saturated carbocycles. The molecule has 1 saturated heterocycles. The Kier molecular flexibility index (Phi) is 6.52. The maximum absolute atomic E-state index is 13.1. The summed E-state index contributed by atoms with van der Waals surface area (Å²) in [6.45, 7) is 1.50. The van der Waals surface area contributed by atoms with Crippen LogP contribution in [0.15, 0.2) is 41.1 Å². The molecule has 0 unspecified atom stereocenters. The minimum Gasteiger partial charge on any atom is -0.384 e. The number of thiophene rings is 1.